The molecule has 0 bridgehead atoms. The van der Waals surface area contributed by atoms with Crippen LogP contribution in [-0.4, -0.2) is 24.2 Å². The molecule has 0 aromatic heterocycles. The van der Waals surface area contributed by atoms with Crippen molar-refractivity contribution >= 4 is 11.6 Å². The highest BCUT2D eigenvalue weighted by Crippen LogP contribution is 2.15. The van der Waals surface area contributed by atoms with Gasteiger partial charge in [0.1, 0.15) is 5.82 Å². The molecule has 1 unspecified atom stereocenters. The number of benzene rings is 2. The Bertz CT molecular complexity index is 605. The van der Waals surface area contributed by atoms with Crippen LogP contribution in [0.1, 0.15) is 18.0 Å². The zero-order valence-electron chi connectivity index (χ0n) is 12.1. The van der Waals surface area contributed by atoms with Crippen LogP contribution in [0, 0.1) is 5.82 Å². The van der Waals surface area contributed by atoms with Crippen molar-refractivity contribution < 1.29 is 14.3 Å². The van der Waals surface area contributed by atoms with E-state index in [1.54, 1.807) is 6.07 Å². The number of halogens is 1. The van der Waals surface area contributed by atoms with Gasteiger partial charge in [0.25, 0.3) is 0 Å². The highest BCUT2D eigenvalue weighted by atomic mass is 19.1. The second kappa shape index (κ2) is 8.26. The monoisotopic (exact) mass is 302 g/mol. The molecular weight excluding hydrogens is 283 g/mol. The normalized spacial score (nSPS) is 11.9. The topological polar surface area (TPSA) is 61.4 Å². The quantitative estimate of drug-likeness (QED) is 0.736. The number of hydrogen-bond donors (Lipinski definition) is 3. The lowest BCUT2D eigenvalue weighted by molar-refractivity contribution is -0.115. The molecule has 2 rings (SSSR count). The van der Waals surface area contributed by atoms with Gasteiger partial charge in [-0.15, -0.1) is 0 Å². The Hall–Kier alpha value is -2.24. The molecule has 2 aromatic carbocycles. The highest BCUT2D eigenvalue weighted by Gasteiger charge is 2.12. The van der Waals surface area contributed by atoms with Crippen LogP contribution in [0.3, 0.4) is 0 Å². The van der Waals surface area contributed by atoms with Crippen LogP contribution in [0.15, 0.2) is 54.6 Å². The molecule has 0 fully saturated rings. The van der Waals surface area contributed by atoms with Crippen molar-refractivity contribution in [2.75, 3.05) is 18.5 Å². The minimum absolute atomic E-state index is 0.0259. The van der Waals surface area contributed by atoms with Crippen LogP contribution < -0.4 is 10.6 Å². The smallest absolute Gasteiger partial charge is 0.238 e. The predicted octanol–water partition coefficient (Wildman–Crippen LogP) is 2.48. The molecule has 22 heavy (non-hydrogen) atoms. The zero-order valence-corrected chi connectivity index (χ0v) is 12.1. The van der Waals surface area contributed by atoms with Gasteiger partial charge in [-0.05, 0) is 30.2 Å². The zero-order chi connectivity index (χ0) is 15.8. The number of amides is 1. The van der Waals surface area contributed by atoms with Gasteiger partial charge in [0.05, 0.1) is 6.54 Å². The number of hydrogen-bond acceptors (Lipinski definition) is 3. The molecule has 0 spiro atoms. The van der Waals surface area contributed by atoms with E-state index in [2.05, 4.69) is 10.6 Å². The Balaban J connectivity index is 1.90. The third kappa shape index (κ3) is 4.95. The molecule has 4 nitrogen and oxygen atoms in total. The van der Waals surface area contributed by atoms with Gasteiger partial charge in [0.2, 0.25) is 5.91 Å². The molecule has 0 saturated carbocycles. The number of aliphatic hydroxyl groups is 1. The van der Waals surface area contributed by atoms with Gasteiger partial charge in [0.15, 0.2) is 0 Å². The molecule has 0 radical (unpaired) electrons. The first-order valence-corrected chi connectivity index (χ1v) is 7.13. The van der Waals surface area contributed by atoms with Gasteiger partial charge in [-0.3, -0.25) is 4.79 Å². The number of nitrogens with one attached hydrogen (secondary N) is 2. The second-order valence-electron chi connectivity index (χ2n) is 4.91. The highest BCUT2D eigenvalue weighted by molar-refractivity contribution is 5.92. The van der Waals surface area contributed by atoms with E-state index in [-0.39, 0.29) is 25.1 Å². The van der Waals surface area contributed by atoms with E-state index in [0.717, 1.165) is 5.56 Å². The standard InChI is InChI=1S/C17H19FN2O2/c18-14-7-4-8-15(11-14)20-17(22)12-19-16(9-10-21)13-5-2-1-3-6-13/h1-8,11,16,19,21H,9-10,12H2,(H,20,22). The summed E-state index contributed by atoms with van der Waals surface area (Å²) in [5.41, 5.74) is 1.43. The molecule has 0 aliphatic rings. The van der Waals surface area contributed by atoms with E-state index in [0.29, 0.717) is 12.1 Å². The van der Waals surface area contributed by atoms with E-state index in [1.165, 1.54) is 18.2 Å². The van der Waals surface area contributed by atoms with E-state index in [1.807, 2.05) is 30.3 Å². The van der Waals surface area contributed by atoms with Gasteiger partial charge in [-0.1, -0.05) is 36.4 Å². The molecule has 0 aliphatic heterocycles. The van der Waals surface area contributed by atoms with Gasteiger partial charge < -0.3 is 15.7 Å². The number of rotatable bonds is 7. The van der Waals surface area contributed by atoms with Crippen LogP contribution in [0.4, 0.5) is 10.1 Å². The molecule has 2 aromatic rings. The Labute approximate surface area is 129 Å². The summed E-state index contributed by atoms with van der Waals surface area (Å²) in [6.07, 6.45) is 0.511. The van der Waals surface area contributed by atoms with Crippen molar-refractivity contribution in [1.29, 1.82) is 0 Å². The molecular formula is C17H19FN2O2. The van der Waals surface area contributed by atoms with Gasteiger partial charge in [-0.2, -0.15) is 0 Å². The number of carbonyl (C=O) groups is 1. The van der Waals surface area contributed by atoms with Crippen molar-refractivity contribution in [3.63, 3.8) is 0 Å². The van der Waals surface area contributed by atoms with Crippen molar-refractivity contribution in [1.82, 2.24) is 5.32 Å². The molecule has 116 valence electrons. The summed E-state index contributed by atoms with van der Waals surface area (Å²) in [6, 6.07) is 15.3. The van der Waals surface area contributed by atoms with Crippen molar-refractivity contribution in [2.24, 2.45) is 0 Å². The van der Waals surface area contributed by atoms with Crippen molar-refractivity contribution in [2.45, 2.75) is 12.5 Å². The molecule has 0 saturated heterocycles. The van der Waals surface area contributed by atoms with Crippen LogP contribution in [0.2, 0.25) is 0 Å². The van der Waals surface area contributed by atoms with Crippen LogP contribution >= 0.6 is 0 Å². The van der Waals surface area contributed by atoms with Gasteiger partial charge in [-0.25, -0.2) is 4.39 Å². The lowest BCUT2D eigenvalue weighted by atomic mass is 10.0. The first-order valence-electron chi connectivity index (χ1n) is 7.13. The summed E-state index contributed by atoms with van der Waals surface area (Å²) >= 11 is 0. The first kappa shape index (κ1) is 16.1. The van der Waals surface area contributed by atoms with Gasteiger partial charge in [0, 0.05) is 18.3 Å². The number of anilines is 1. The third-order valence-corrected chi connectivity index (χ3v) is 3.24. The Kier molecular flexibility index (Phi) is 6.06. The molecule has 1 atom stereocenters. The van der Waals surface area contributed by atoms with E-state index < -0.39 is 5.82 Å². The summed E-state index contributed by atoms with van der Waals surface area (Å²) in [7, 11) is 0. The lowest BCUT2D eigenvalue weighted by Gasteiger charge is -2.18. The lowest BCUT2D eigenvalue weighted by Crippen LogP contribution is -2.31. The summed E-state index contributed by atoms with van der Waals surface area (Å²) in [6.45, 7) is 0.105. The second-order valence-corrected chi connectivity index (χ2v) is 4.91. The maximum absolute atomic E-state index is 13.1. The number of carbonyl (C=O) groups excluding carboxylic acids is 1. The maximum atomic E-state index is 13.1. The molecule has 3 N–H and O–H groups in total. The minimum Gasteiger partial charge on any atom is -0.396 e. The fourth-order valence-electron chi connectivity index (χ4n) is 2.19. The van der Waals surface area contributed by atoms with E-state index in [9.17, 15) is 9.18 Å². The Morgan fingerprint density at radius 2 is 1.91 bits per heavy atom. The number of aliphatic hydroxyl groups excluding tert-OH is 1. The maximum Gasteiger partial charge on any atom is 0.238 e. The fraction of sp³-hybridized carbons (Fsp3) is 0.235. The summed E-state index contributed by atoms with van der Waals surface area (Å²) in [5.74, 6) is -0.655. The summed E-state index contributed by atoms with van der Waals surface area (Å²) in [4.78, 5) is 11.9. The predicted molar refractivity (Wildman–Crippen MR) is 83.9 cm³/mol. The average molecular weight is 302 g/mol. The largest absolute Gasteiger partial charge is 0.396 e. The van der Waals surface area contributed by atoms with Crippen LogP contribution in [-0.2, 0) is 4.79 Å². The third-order valence-electron chi connectivity index (χ3n) is 3.24. The molecule has 1 amide bonds. The average Bonchev–Trinajstić information content (AvgIpc) is 2.52. The molecule has 0 heterocycles. The van der Waals surface area contributed by atoms with Crippen molar-refractivity contribution in [3.8, 4) is 0 Å². The SMILES string of the molecule is O=C(CNC(CCO)c1ccccc1)Nc1cccc(F)c1. The fourth-order valence-corrected chi connectivity index (χ4v) is 2.19. The Morgan fingerprint density at radius 1 is 1.14 bits per heavy atom. The molecule has 0 aliphatic carbocycles. The Morgan fingerprint density at radius 3 is 2.59 bits per heavy atom. The van der Waals surface area contributed by atoms with Crippen molar-refractivity contribution in [3.05, 3.63) is 66.0 Å². The van der Waals surface area contributed by atoms with E-state index in [4.69, 9.17) is 5.11 Å². The van der Waals surface area contributed by atoms with Gasteiger partial charge >= 0.3 is 0 Å². The summed E-state index contributed by atoms with van der Waals surface area (Å²) in [5, 5.41) is 14.9. The van der Waals surface area contributed by atoms with Crippen LogP contribution in [0.25, 0.3) is 0 Å². The van der Waals surface area contributed by atoms with E-state index >= 15 is 0 Å². The van der Waals surface area contributed by atoms with Crippen LogP contribution in [0.5, 0.6) is 0 Å². The summed E-state index contributed by atoms with van der Waals surface area (Å²) < 4.78 is 13.1. The molecule has 5 heteroatoms. The minimum atomic E-state index is -0.395. The first-order chi connectivity index (χ1) is 10.7.